The summed E-state index contributed by atoms with van der Waals surface area (Å²) in [5, 5.41) is 9.56. The van der Waals surface area contributed by atoms with Gasteiger partial charge in [0.15, 0.2) is 0 Å². The largest absolute Gasteiger partial charge is 0.480 e. The van der Waals surface area contributed by atoms with Gasteiger partial charge in [-0.2, -0.15) is 0 Å². The second-order valence-corrected chi connectivity index (χ2v) is 7.68. The molecule has 0 radical (unpaired) electrons. The van der Waals surface area contributed by atoms with Crippen LogP contribution in [0, 0.1) is 5.92 Å². The SMILES string of the molecule is CCC(=O)N1CSCC1C(=O)N1C(C(=O)O)CC2CCCCC21. The molecule has 1 saturated carbocycles. The van der Waals surface area contributed by atoms with Crippen LogP contribution >= 0.6 is 11.8 Å². The van der Waals surface area contributed by atoms with Gasteiger partial charge in [0.2, 0.25) is 11.8 Å². The molecule has 2 amide bonds. The van der Waals surface area contributed by atoms with Gasteiger partial charge in [-0.25, -0.2) is 4.79 Å². The lowest BCUT2D eigenvalue weighted by atomic mass is 9.84. The summed E-state index contributed by atoms with van der Waals surface area (Å²) in [5.74, 6) is 0.316. The molecule has 7 heteroatoms. The van der Waals surface area contributed by atoms with Crippen LogP contribution in [-0.4, -0.2) is 62.4 Å². The van der Waals surface area contributed by atoms with E-state index < -0.39 is 18.1 Å². The summed E-state index contributed by atoms with van der Waals surface area (Å²) in [7, 11) is 0. The molecule has 1 N–H and O–H groups in total. The predicted molar refractivity (Wildman–Crippen MR) is 86.9 cm³/mol. The Labute approximate surface area is 140 Å². The Morgan fingerprint density at radius 2 is 1.91 bits per heavy atom. The first-order valence-corrected chi connectivity index (χ1v) is 9.62. The number of amides is 2. The second-order valence-electron chi connectivity index (χ2n) is 6.68. The molecule has 0 aromatic carbocycles. The number of rotatable bonds is 3. The highest BCUT2D eigenvalue weighted by molar-refractivity contribution is 7.99. The number of hydrogen-bond donors (Lipinski definition) is 1. The molecule has 0 spiro atoms. The number of carboxylic acids is 1. The summed E-state index contributed by atoms with van der Waals surface area (Å²) in [6, 6.07) is -1.17. The summed E-state index contributed by atoms with van der Waals surface area (Å²) >= 11 is 1.57. The third-order valence-electron chi connectivity index (χ3n) is 5.42. The van der Waals surface area contributed by atoms with Gasteiger partial charge in [0.1, 0.15) is 12.1 Å². The zero-order chi connectivity index (χ0) is 16.6. The molecule has 4 atom stereocenters. The lowest BCUT2D eigenvalue weighted by molar-refractivity contribution is -0.153. The van der Waals surface area contributed by atoms with Crippen molar-refractivity contribution in [2.75, 3.05) is 11.6 Å². The van der Waals surface area contributed by atoms with Gasteiger partial charge >= 0.3 is 5.97 Å². The molecule has 6 nitrogen and oxygen atoms in total. The van der Waals surface area contributed by atoms with E-state index in [-0.39, 0.29) is 17.9 Å². The lowest BCUT2D eigenvalue weighted by Gasteiger charge is -2.36. The van der Waals surface area contributed by atoms with Crippen molar-refractivity contribution in [2.45, 2.75) is 63.6 Å². The highest BCUT2D eigenvalue weighted by Gasteiger charge is 2.50. The Bertz CT molecular complexity index is 512. The Hall–Kier alpha value is -1.24. The summed E-state index contributed by atoms with van der Waals surface area (Å²) < 4.78 is 0. The van der Waals surface area contributed by atoms with E-state index in [9.17, 15) is 19.5 Å². The van der Waals surface area contributed by atoms with Crippen molar-refractivity contribution in [3.05, 3.63) is 0 Å². The summed E-state index contributed by atoms with van der Waals surface area (Å²) in [6.07, 6.45) is 5.01. The molecule has 0 aromatic heterocycles. The van der Waals surface area contributed by atoms with Crippen LogP contribution < -0.4 is 0 Å². The van der Waals surface area contributed by atoms with Crippen molar-refractivity contribution in [3.63, 3.8) is 0 Å². The highest BCUT2D eigenvalue weighted by atomic mass is 32.2. The van der Waals surface area contributed by atoms with E-state index in [1.165, 1.54) is 0 Å². The third kappa shape index (κ3) is 2.95. The molecular formula is C16H24N2O4S. The predicted octanol–water partition coefficient (Wildman–Crippen LogP) is 1.54. The van der Waals surface area contributed by atoms with Gasteiger partial charge in [0.05, 0.1) is 5.88 Å². The minimum atomic E-state index is -0.910. The highest BCUT2D eigenvalue weighted by Crippen LogP contribution is 2.41. The second kappa shape index (κ2) is 6.71. The van der Waals surface area contributed by atoms with Crippen LogP contribution in [0.2, 0.25) is 0 Å². The normalized spacial score (nSPS) is 33.6. The Kier molecular flexibility index (Phi) is 4.85. The van der Waals surface area contributed by atoms with Gasteiger partial charge < -0.3 is 14.9 Å². The van der Waals surface area contributed by atoms with E-state index in [0.717, 1.165) is 25.7 Å². The maximum atomic E-state index is 13.1. The third-order valence-corrected chi connectivity index (χ3v) is 6.43. The first-order chi connectivity index (χ1) is 11.0. The minimum absolute atomic E-state index is 0.0281. The monoisotopic (exact) mass is 340 g/mol. The van der Waals surface area contributed by atoms with Crippen LogP contribution in [0.25, 0.3) is 0 Å². The quantitative estimate of drug-likeness (QED) is 0.843. The van der Waals surface area contributed by atoms with E-state index in [0.29, 0.717) is 30.4 Å². The summed E-state index contributed by atoms with van der Waals surface area (Å²) in [4.78, 5) is 40.1. The first-order valence-electron chi connectivity index (χ1n) is 8.46. The standard InChI is InChI=1S/C16H24N2O4S/c1-2-14(19)17-9-23-8-13(17)15(20)18-11-6-4-3-5-10(11)7-12(18)16(21)22/h10-13H,2-9H2,1H3,(H,21,22). The van der Waals surface area contributed by atoms with Crippen molar-refractivity contribution < 1.29 is 19.5 Å². The number of nitrogens with zero attached hydrogens (tertiary/aromatic N) is 2. The minimum Gasteiger partial charge on any atom is -0.480 e. The Morgan fingerprint density at radius 3 is 2.61 bits per heavy atom. The van der Waals surface area contributed by atoms with Gasteiger partial charge in [-0.05, 0) is 25.2 Å². The van der Waals surface area contributed by atoms with Crippen LogP contribution in [0.15, 0.2) is 0 Å². The van der Waals surface area contributed by atoms with Crippen molar-refractivity contribution in [3.8, 4) is 0 Å². The number of carbonyl (C=O) groups excluding carboxylic acids is 2. The topological polar surface area (TPSA) is 77.9 Å². The molecule has 1 aliphatic carbocycles. The van der Waals surface area contributed by atoms with Gasteiger partial charge in [0, 0.05) is 18.2 Å². The van der Waals surface area contributed by atoms with Crippen molar-refractivity contribution in [1.29, 1.82) is 0 Å². The zero-order valence-corrected chi connectivity index (χ0v) is 14.3. The lowest BCUT2D eigenvalue weighted by Crippen LogP contribution is -2.54. The fourth-order valence-electron chi connectivity index (χ4n) is 4.27. The Balaban J connectivity index is 1.83. The van der Waals surface area contributed by atoms with E-state index in [4.69, 9.17) is 0 Å². The zero-order valence-electron chi connectivity index (χ0n) is 13.4. The van der Waals surface area contributed by atoms with Crippen LogP contribution in [0.1, 0.15) is 45.4 Å². The molecule has 0 bridgehead atoms. The molecule has 3 aliphatic rings. The smallest absolute Gasteiger partial charge is 0.326 e. The van der Waals surface area contributed by atoms with Crippen LogP contribution in [0.4, 0.5) is 0 Å². The molecule has 2 saturated heterocycles. The number of thioether (sulfide) groups is 1. The van der Waals surface area contributed by atoms with Gasteiger partial charge in [-0.1, -0.05) is 19.8 Å². The first kappa shape index (κ1) is 16.6. The van der Waals surface area contributed by atoms with Crippen molar-refractivity contribution in [1.82, 2.24) is 9.80 Å². The molecule has 0 aromatic rings. The molecule has 23 heavy (non-hydrogen) atoms. The summed E-state index contributed by atoms with van der Waals surface area (Å²) in [6.45, 7) is 1.79. The number of aliphatic carboxylic acids is 1. The van der Waals surface area contributed by atoms with Crippen molar-refractivity contribution in [2.24, 2.45) is 5.92 Å². The maximum absolute atomic E-state index is 13.1. The average Bonchev–Trinajstić information content (AvgIpc) is 3.18. The van der Waals surface area contributed by atoms with Crippen LogP contribution in [-0.2, 0) is 14.4 Å². The van der Waals surface area contributed by atoms with Crippen molar-refractivity contribution >= 4 is 29.5 Å². The van der Waals surface area contributed by atoms with Crippen LogP contribution in [0.5, 0.6) is 0 Å². The van der Waals surface area contributed by atoms with Gasteiger partial charge in [-0.15, -0.1) is 11.8 Å². The van der Waals surface area contributed by atoms with E-state index >= 15 is 0 Å². The van der Waals surface area contributed by atoms with E-state index in [1.54, 1.807) is 28.5 Å². The molecule has 3 rings (SSSR count). The molecule has 4 unspecified atom stereocenters. The fraction of sp³-hybridized carbons (Fsp3) is 0.812. The van der Waals surface area contributed by atoms with Gasteiger partial charge in [0.25, 0.3) is 0 Å². The van der Waals surface area contributed by atoms with E-state index in [1.807, 2.05) is 0 Å². The number of carboxylic acid groups (broad SMARTS) is 1. The molecule has 2 heterocycles. The summed E-state index contributed by atoms with van der Waals surface area (Å²) in [5.41, 5.74) is 0. The number of likely N-dealkylation sites (tertiary alicyclic amines) is 1. The van der Waals surface area contributed by atoms with E-state index in [2.05, 4.69) is 0 Å². The Morgan fingerprint density at radius 1 is 1.17 bits per heavy atom. The number of fused-ring (bicyclic) bond motifs is 1. The van der Waals surface area contributed by atoms with Crippen LogP contribution in [0.3, 0.4) is 0 Å². The molecule has 2 aliphatic heterocycles. The average molecular weight is 340 g/mol. The number of carbonyl (C=O) groups is 3. The molecule has 128 valence electrons. The molecule has 3 fully saturated rings. The molecular weight excluding hydrogens is 316 g/mol. The fourth-order valence-corrected chi connectivity index (χ4v) is 5.44. The van der Waals surface area contributed by atoms with Gasteiger partial charge in [-0.3, -0.25) is 9.59 Å². The number of hydrogen-bond acceptors (Lipinski definition) is 4. The maximum Gasteiger partial charge on any atom is 0.326 e.